The van der Waals surface area contributed by atoms with Crippen LogP contribution in [0.25, 0.3) is 5.57 Å². The summed E-state index contributed by atoms with van der Waals surface area (Å²) in [5, 5.41) is 0. The van der Waals surface area contributed by atoms with Gasteiger partial charge in [0.05, 0.1) is 17.1 Å². The van der Waals surface area contributed by atoms with E-state index >= 15 is 0 Å². The Kier molecular flexibility index (Phi) is 5.95. The first-order valence-corrected chi connectivity index (χ1v) is 8.01. The third kappa shape index (κ3) is 5.07. The first-order valence-electron chi connectivity index (χ1n) is 6.52. The molecule has 0 atom stereocenters. The largest absolute Gasteiger partial charge is 0.463 e. The lowest BCUT2D eigenvalue weighted by molar-refractivity contribution is -0.138. The molecule has 1 aromatic carbocycles. The zero-order valence-electron chi connectivity index (χ0n) is 12.7. The minimum absolute atomic E-state index is 0.0401. The second-order valence-corrected chi connectivity index (χ2v) is 6.42. The van der Waals surface area contributed by atoms with E-state index in [1.807, 2.05) is 4.72 Å². The fourth-order valence-electron chi connectivity index (χ4n) is 1.71. The van der Waals surface area contributed by atoms with Gasteiger partial charge in [-0.3, -0.25) is 0 Å². The molecule has 0 amide bonds. The van der Waals surface area contributed by atoms with Crippen molar-refractivity contribution in [2.24, 2.45) is 0 Å². The minimum atomic E-state index is -4.72. The Morgan fingerprint density at radius 1 is 1.30 bits per heavy atom. The van der Waals surface area contributed by atoms with Crippen molar-refractivity contribution in [1.82, 2.24) is 4.72 Å². The Morgan fingerprint density at radius 2 is 1.91 bits per heavy atom. The van der Waals surface area contributed by atoms with Crippen molar-refractivity contribution < 1.29 is 31.1 Å². The molecule has 23 heavy (non-hydrogen) atoms. The van der Waals surface area contributed by atoms with Crippen molar-refractivity contribution in [3.8, 4) is 0 Å². The highest BCUT2D eigenvalue weighted by Gasteiger charge is 2.32. The molecule has 1 rings (SSSR count). The molecule has 0 aromatic heterocycles. The summed E-state index contributed by atoms with van der Waals surface area (Å²) >= 11 is 0. The van der Waals surface area contributed by atoms with Crippen LogP contribution in [0.15, 0.2) is 29.2 Å². The molecule has 0 radical (unpaired) electrons. The van der Waals surface area contributed by atoms with Gasteiger partial charge in [0.1, 0.15) is 0 Å². The van der Waals surface area contributed by atoms with Gasteiger partial charge in [-0.2, -0.15) is 13.2 Å². The molecule has 0 heterocycles. The molecule has 1 aromatic rings. The Hall–Kier alpha value is -1.87. The number of ether oxygens (including phenoxy) is 1. The zero-order valence-corrected chi connectivity index (χ0v) is 13.5. The van der Waals surface area contributed by atoms with Crippen LogP contribution in [0.5, 0.6) is 0 Å². The average molecular weight is 351 g/mol. The van der Waals surface area contributed by atoms with Crippen LogP contribution < -0.4 is 4.72 Å². The molecule has 0 aliphatic rings. The third-order valence-electron chi connectivity index (χ3n) is 2.89. The van der Waals surface area contributed by atoms with Gasteiger partial charge in [-0.1, -0.05) is 0 Å². The van der Waals surface area contributed by atoms with E-state index in [1.165, 1.54) is 6.92 Å². The van der Waals surface area contributed by atoms with E-state index in [2.05, 4.69) is 4.74 Å². The van der Waals surface area contributed by atoms with Crippen LogP contribution in [-0.4, -0.2) is 28.0 Å². The number of benzene rings is 1. The summed E-state index contributed by atoms with van der Waals surface area (Å²) in [4.78, 5) is 10.9. The molecule has 128 valence electrons. The summed E-state index contributed by atoms with van der Waals surface area (Å²) in [5.74, 6) is -0.722. The Morgan fingerprint density at radius 3 is 2.39 bits per heavy atom. The fourth-order valence-corrected chi connectivity index (χ4v) is 2.51. The SMILES string of the molecule is CCOC(=O)C=C(C)c1cc(C(F)(F)F)cc(S(=O)(=O)NC)c1. The Bertz CT molecular complexity index is 724. The Balaban J connectivity index is 3.49. The zero-order chi connectivity index (χ0) is 17.8. The predicted octanol–water partition coefficient (Wildman–Crippen LogP) is 2.58. The number of sulfonamides is 1. The van der Waals surface area contributed by atoms with Gasteiger partial charge in [0, 0.05) is 6.08 Å². The summed E-state index contributed by atoms with van der Waals surface area (Å²) < 4.78 is 69.1. The van der Waals surface area contributed by atoms with Crippen LogP contribution in [0.1, 0.15) is 25.0 Å². The van der Waals surface area contributed by atoms with Crippen molar-refractivity contribution >= 4 is 21.6 Å². The Labute approximate surface area is 132 Å². The molecule has 9 heteroatoms. The van der Waals surface area contributed by atoms with Crippen molar-refractivity contribution in [3.63, 3.8) is 0 Å². The number of carbonyl (C=O) groups is 1. The van der Waals surface area contributed by atoms with E-state index in [1.54, 1.807) is 6.92 Å². The van der Waals surface area contributed by atoms with Crippen LogP contribution in [0.2, 0.25) is 0 Å². The first-order chi connectivity index (χ1) is 10.5. The average Bonchev–Trinajstić information content (AvgIpc) is 2.46. The van der Waals surface area contributed by atoms with Crippen molar-refractivity contribution in [1.29, 1.82) is 0 Å². The number of alkyl halides is 3. The predicted molar refractivity (Wildman–Crippen MR) is 78.0 cm³/mol. The lowest BCUT2D eigenvalue weighted by Gasteiger charge is -2.12. The molecule has 5 nitrogen and oxygen atoms in total. The summed E-state index contributed by atoms with van der Waals surface area (Å²) in [7, 11) is -2.98. The van der Waals surface area contributed by atoms with E-state index in [0.717, 1.165) is 25.3 Å². The first kappa shape index (κ1) is 19.2. The maximum atomic E-state index is 13.0. The van der Waals surface area contributed by atoms with E-state index in [9.17, 15) is 26.4 Å². The maximum absolute atomic E-state index is 13.0. The summed E-state index contributed by atoms with van der Waals surface area (Å²) in [6.07, 6.45) is -3.72. The molecule has 0 unspecified atom stereocenters. The van der Waals surface area contributed by atoms with Crippen molar-refractivity contribution in [2.75, 3.05) is 13.7 Å². The highest BCUT2D eigenvalue weighted by atomic mass is 32.2. The summed E-state index contributed by atoms with van der Waals surface area (Å²) in [5.41, 5.74) is -1.01. The van der Waals surface area contributed by atoms with Gasteiger partial charge in [0.15, 0.2) is 0 Å². The van der Waals surface area contributed by atoms with Crippen molar-refractivity contribution in [3.05, 3.63) is 35.4 Å². The molecule has 0 bridgehead atoms. The highest BCUT2D eigenvalue weighted by Crippen LogP contribution is 2.33. The maximum Gasteiger partial charge on any atom is 0.416 e. The number of esters is 1. The third-order valence-corrected chi connectivity index (χ3v) is 4.28. The van der Waals surface area contributed by atoms with Gasteiger partial charge in [-0.05, 0) is 50.2 Å². The number of hydrogen-bond acceptors (Lipinski definition) is 4. The minimum Gasteiger partial charge on any atom is -0.463 e. The van der Waals surface area contributed by atoms with E-state index in [-0.39, 0.29) is 17.7 Å². The number of rotatable bonds is 5. The summed E-state index contributed by atoms with van der Waals surface area (Å²) in [6, 6.07) is 2.37. The number of allylic oxidation sites excluding steroid dienone is 1. The molecule has 0 aliphatic carbocycles. The number of hydrogen-bond donors (Lipinski definition) is 1. The lowest BCUT2D eigenvalue weighted by atomic mass is 10.0. The highest BCUT2D eigenvalue weighted by molar-refractivity contribution is 7.89. The molecular formula is C14H16F3NO4S. The molecule has 0 spiro atoms. The van der Waals surface area contributed by atoms with Gasteiger partial charge < -0.3 is 4.74 Å². The van der Waals surface area contributed by atoms with E-state index in [0.29, 0.717) is 6.07 Å². The molecule has 0 saturated carbocycles. The monoisotopic (exact) mass is 351 g/mol. The van der Waals surface area contributed by atoms with Gasteiger partial charge in [0.25, 0.3) is 0 Å². The van der Waals surface area contributed by atoms with Crippen LogP contribution >= 0.6 is 0 Å². The quantitative estimate of drug-likeness (QED) is 0.654. The molecule has 0 aliphatic heterocycles. The molecule has 1 N–H and O–H groups in total. The van der Waals surface area contributed by atoms with Crippen LogP contribution in [0.4, 0.5) is 13.2 Å². The van der Waals surface area contributed by atoms with Crippen LogP contribution in [-0.2, 0) is 25.7 Å². The molecular weight excluding hydrogens is 335 g/mol. The second kappa shape index (κ2) is 7.14. The molecule has 0 saturated heterocycles. The smallest absolute Gasteiger partial charge is 0.416 e. The van der Waals surface area contributed by atoms with Crippen LogP contribution in [0.3, 0.4) is 0 Å². The molecule has 0 fully saturated rings. The normalized spacial score (nSPS) is 13.0. The number of nitrogens with one attached hydrogen (secondary N) is 1. The van der Waals surface area contributed by atoms with Crippen LogP contribution in [0, 0.1) is 0 Å². The number of carbonyl (C=O) groups excluding carboxylic acids is 1. The van der Waals surface area contributed by atoms with Gasteiger partial charge in [0.2, 0.25) is 10.0 Å². The van der Waals surface area contributed by atoms with Gasteiger partial charge >= 0.3 is 12.1 Å². The lowest BCUT2D eigenvalue weighted by Crippen LogP contribution is -2.19. The van der Waals surface area contributed by atoms with Gasteiger partial charge in [-0.15, -0.1) is 0 Å². The van der Waals surface area contributed by atoms with Crippen molar-refractivity contribution in [2.45, 2.75) is 24.9 Å². The second-order valence-electron chi connectivity index (χ2n) is 4.53. The van der Waals surface area contributed by atoms with Gasteiger partial charge in [-0.25, -0.2) is 17.9 Å². The topological polar surface area (TPSA) is 72.5 Å². The fraction of sp³-hybridized carbons (Fsp3) is 0.357. The number of halogens is 3. The van der Waals surface area contributed by atoms with E-state index in [4.69, 9.17) is 0 Å². The summed E-state index contributed by atoms with van der Waals surface area (Å²) in [6.45, 7) is 3.09. The standard InChI is InChI=1S/C14H16F3NO4S/c1-4-22-13(19)5-9(2)10-6-11(14(15,16)17)8-12(7-10)23(20,21)18-3/h5-8,18H,4H2,1-3H3. The van der Waals surface area contributed by atoms with E-state index < -0.39 is 32.6 Å².